The maximum absolute atomic E-state index is 12.3. The van der Waals surface area contributed by atoms with E-state index in [1.54, 1.807) is 0 Å². The Bertz CT molecular complexity index is 373. The van der Waals surface area contributed by atoms with E-state index in [1.165, 1.54) is 0 Å². The second kappa shape index (κ2) is 6.55. The molecular formula is C15H21NO2. The third-order valence-corrected chi connectivity index (χ3v) is 3.16. The lowest BCUT2D eigenvalue weighted by atomic mass is 10.1. The van der Waals surface area contributed by atoms with Gasteiger partial charge in [0.2, 0.25) is 5.91 Å². The van der Waals surface area contributed by atoms with Gasteiger partial charge in [-0.15, -0.1) is 0 Å². The first-order valence-corrected chi connectivity index (χ1v) is 6.73. The maximum atomic E-state index is 12.3. The van der Waals surface area contributed by atoms with Crippen molar-refractivity contribution in [2.24, 2.45) is 0 Å². The number of hydrogen-bond donors (Lipinski definition) is 0. The van der Waals surface area contributed by atoms with Crippen molar-refractivity contribution in [1.29, 1.82) is 0 Å². The smallest absolute Gasteiger partial charge is 0.227 e. The Labute approximate surface area is 109 Å². The molecule has 1 aliphatic heterocycles. The molecule has 1 fully saturated rings. The number of nitrogens with zero attached hydrogens (tertiary/aromatic N) is 1. The quantitative estimate of drug-likeness (QED) is 0.692. The topological polar surface area (TPSA) is 32.8 Å². The minimum Gasteiger partial charge on any atom is -0.371 e. The fourth-order valence-corrected chi connectivity index (χ4v) is 1.97. The van der Waals surface area contributed by atoms with Gasteiger partial charge in [-0.3, -0.25) is 4.79 Å². The summed E-state index contributed by atoms with van der Waals surface area (Å²) in [6.07, 6.45) is 2.95. The summed E-state index contributed by atoms with van der Waals surface area (Å²) < 4.78 is 5.23. The first-order valence-electron chi connectivity index (χ1n) is 6.73. The molecule has 1 heterocycles. The van der Waals surface area contributed by atoms with E-state index in [0.717, 1.165) is 38.1 Å². The largest absolute Gasteiger partial charge is 0.371 e. The number of rotatable bonds is 7. The Hall–Kier alpha value is -1.35. The summed E-state index contributed by atoms with van der Waals surface area (Å²) in [4.78, 5) is 14.2. The Kier molecular flexibility index (Phi) is 4.76. The average Bonchev–Trinajstić information content (AvgIpc) is 3.19. The summed E-state index contributed by atoms with van der Waals surface area (Å²) in [7, 11) is 0. The summed E-state index contributed by atoms with van der Waals surface area (Å²) in [5.74, 6) is 0.213. The molecule has 3 heteroatoms. The van der Waals surface area contributed by atoms with Crippen molar-refractivity contribution in [3.8, 4) is 0 Å². The lowest BCUT2D eigenvalue weighted by Gasteiger charge is -2.21. The lowest BCUT2D eigenvalue weighted by molar-refractivity contribution is -0.130. The van der Waals surface area contributed by atoms with Crippen LogP contribution < -0.4 is 0 Å². The van der Waals surface area contributed by atoms with E-state index in [0.29, 0.717) is 6.42 Å². The SMILES string of the molecule is CCCCN(CC1CO1)C(=O)Cc1ccccc1. The van der Waals surface area contributed by atoms with Gasteiger partial charge in [0.15, 0.2) is 0 Å². The van der Waals surface area contributed by atoms with Gasteiger partial charge < -0.3 is 9.64 Å². The van der Waals surface area contributed by atoms with Gasteiger partial charge in [-0.05, 0) is 12.0 Å². The van der Waals surface area contributed by atoms with E-state index in [2.05, 4.69) is 6.92 Å². The first kappa shape index (κ1) is 13.1. The fourth-order valence-electron chi connectivity index (χ4n) is 1.97. The van der Waals surface area contributed by atoms with Crippen LogP contribution >= 0.6 is 0 Å². The number of hydrogen-bond acceptors (Lipinski definition) is 2. The molecule has 0 spiro atoms. The van der Waals surface area contributed by atoms with Crippen molar-refractivity contribution in [2.45, 2.75) is 32.3 Å². The Morgan fingerprint density at radius 2 is 2.11 bits per heavy atom. The minimum absolute atomic E-state index is 0.213. The van der Waals surface area contributed by atoms with Crippen LogP contribution in [-0.4, -0.2) is 36.6 Å². The highest BCUT2D eigenvalue weighted by molar-refractivity contribution is 5.78. The molecule has 18 heavy (non-hydrogen) atoms. The van der Waals surface area contributed by atoms with E-state index < -0.39 is 0 Å². The Balaban J connectivity index is 1.89. The molecule has 0 bridgehead atoms. The van der Waals surface area contributed by atoms with Gasteiger partial charge in [0.1, 0.15) is 0 Å². The second-order valence-corrected chi connectivity index (χ2v) is 4.81. The third-order valence-electron chi connectivity index (χ3n) is 3.16. The Morgan fingerprint density at radius 1 is 1.39 bits per heavy atom. The second-order valence-electron chi connectivity index (χ2n) is 4.81. The number of carbonyl (C=O) groups excluding carboxylic acids is 1. The minimum atomic E-state index is 0.213. The summed E-state index contributed by atoms with van der Waals surface area (Å²) >= 11 is 0. The summed E-state index contributed by atoms with van der Waals surface area (Å²) in [6, 6.07) is 9.93. The van der Waals surface area contributed by atoms with Gasteiger partial charge in [0, 0.05) is 13.1 Å². The van der Waals surface area contributed by atoms with Gasteiger partial charge in [-0.25, -0.2) is 0 Å². The molecule has 1 amide bonds. The van der Waals surface area contributed by atoms with E-state index in [1.807, 2.05) is 35.2 Å². The lowest BCUT2D eigenvalue weighted by Crippen LogP contribution is -2.36. The van der Waals surface area contributed by atoms with Gasteiger partial charge in [0.25, 0.3) is 0 Å². The van der Waals surface area contributed by atoms with Crippen molar-refractivity contribution >= 4 is 5.91 Å². The molecule has 0 radical (unpaired) electrons. The fraction of sp³-hybridized carbons (Fsp3) is 0.533. The van der Waals surface area contributed by atoms with E-state index >= 15 is 0 Å². The van der Waals surface area contributed by atoms with E-state index in [9.17, 15) is 4.79 Å². The van der Waals surface area contributed by atoms with Gasteiger partial charge >= 0.3 is 0 Å². The van der Waals surface area contributed by atoms with Crippen LogP contribution in [0.5, 0.6) is 0 Å². The number of benzene rings is 1. The molecule has 0 aliphatic carbocycles. The van der Waals surface area contributed by atoms with Crippen molar-refractivity contribution in [1.82, 2.24) is 4.90 Å². The first-order chi connectivity index (χ1) is 8.79. The summed E-state index contributed by atoms with van der Waals surface area (Å²) in [5.41, 5.74) is 1.08. The van der Waals surface area contributed by atoms with Gasteiger partial charge in [0.05, 0.1) is 19.1 Å². The third kappa shape index (κ3) is 4.15. The van der Waals surface area contributed by atoms with Crippen LogP contribution in [0.15, 0.2) is 30.3 Å². The molecule has 2 rings (SSSR count). The highest BCUT2D eigenvalue weighted by atomic mass is 16.6. The molecule has 1 aromatic carbocycles. The van der Waals surface area contributed by atoms with Crippen molar-refractivity contribution in [2.75, 3.05) is 19.7 Å². The molecule has 1 saturated heterocycles. The van der Waals surface area contributed by atoms with Crippen LogP contribution in [0.4, 0.5) is 0 Å². The maximum Gasteiger partial charge on any atom is 0.227 e. The van der Waals surface area contributed by atoms with Gasteiger partial charge in [-0.2, -0.15) is 0 Å². The van der Waals surface area contributed by atoms with Crippen LogP contribution in [0.1, 0.15) is 25.3 Å². The van der Waals surface area contributed by atoms with Crippen LogP contribution in [0, 0.1) is 0 Å². The molecule has 0 N–H and O–H groups in total. The zero-order valence-electron chi connectivity index (χ0n) is 11.0. The van der Waals surface area contributed by atoms with Crippen LogP contribution in [0.2, 0.25) is 0 Å². The number of unbranched alkanes of at least 4 members (excludes halogenated alkanes) is 1. The van der Waals surface area contributed by atoms with Crippen molar-refractivity contribution in [3.63, 3.8) is 0 Å². The molecule has 1 unspecified atom stereocenters. The highest BCUT2D eigenvalue weighted by Crippen LogP contribution is 2.13. The molecule has 0 aromatic heterocycles. The molecule has 0 saturated carbocycles. The normalized spacial score (nSPS) is 17.5. The summed E-state index contributed by atoms with van der Waals surface area (Å²) in [5, 5.41) is 0. The number of epoxide rings is 1. The zero-order valence-corrected chi connectivity index (χ0v) is 11.0. The molecule has 1 aromatic rings. The predicted octanol–water partition coefficient (Wildman–Crippen LogP) is 2.26. The number of carbonyl (C=O) groups is 1. The monoisotopic (exact) mass is 247 g/mol. The van der Waals surface area contributed by atoms with Crippen molar-refractivity contribution < 1.29 is 9.53 Å². The molecule has 1 aliphatic rings. The van der Waals surface area contributed by atoms with Crippen molar-refractivity contribution in [3.05, 3.63) is 35.9 Å². The molecular weight excluding hydrogens is 226 g/mol. The van der Waals surface area contributed by atoms with Crippen LogP contribution in [0.3, 0.4) is 0 Å². The van der Waals surface area contributed by atoms with E-state index in [4.69, 9.17) is 4.74 Å². The van der Waals surface area contributed by atoms with E-state index in [-0.39, 0.29) is 12.0 Å². The van der Waals surface area contributed by atoms with Crippen LogP contribution in [-0.2, 0) is 16.0 Å². The van der Waals surface area contributed by atoms with Gasteiger partial charge in [-0.1, -0.05) is 43.7 Å². The standard InChI is InChI=1S/C15H21NO2/c1-2-3-9-16(11-14-12-18-14)15(17)10-13-7-5-4-6-8-13/h4-8,14H,2-3,9-12H2,1H3. The Morgan fingerprint density at radius 3 is 2.72 bits per heavy atom. The average molecular weight is 247 g/mol. The molecule has 3 nitrogen and oxygen atoms in total. The molecule has 1 atom stereocenters. The number of amides is 1. The predicted molar refractivity (Wildman–Crippen MR) is 71.4 cm³/mol. The number of ether oxygens (including phenoxy) is 1. The van der Waals surface area contributed by atoms with Crippen LogP contribution in [0.25, 0.3) is 0 Å². The molecule has 98 valence electrons. The summed E-state index contributed by atoms with van der Waals surface area (Å²) in [6.45, 7) is 4.56. The zero-order chi connectivity index (χ0) is 12.8. The highest BCUT2D eigenvalue weighted by Gasteiger charge is 2.27.